The second-order valence-corrected chi connectivity index (χ2v) is 5.17. The Morgan fingerprint density at radius 2 is 1.80 bits per heavy atom. The predicted molar refractivity (Wildman–Crippen MR) is 73.1 cm³/mol. The fourth-order valence-corrected chi connectivity index (χ4v) is 2.57. The van der Waals surface area contributed by atoms with Gasteiger partial charge < -0.3 is 10.7 Å². The number of hydrogen-bond donors (Lipinski definition) is 3. The number of benzene rings is 1. The standard InChI is InChI=1S/C14H19F2N3O/c15-11-6-10(7-12(16)13(11)19-17)14(20)18-8-9-4-2-1-3-5-9/h6-7,9,19H,1-5,8,17H2,(H,18,20). The van der Waals surface area contributed by atoms with E-state index in [0.717, 1.165) is 25.0 Å². The van der Waals surface area contributed by atoms with Crippen molar-refractivity contribution >= 4 is 11.6 Å². The molecule has 1 aromatic rings. The topological polar surface area (TPSA) is 67.1 Å². The van der Waals surface area contributed by atoms with Gasteiger partial charge in [-0.25, -0.2) is 8.78 Å². The minimum Gasteiger partial charge on any atom is -0.352 e. The molecule has 0 atom stereocenters. The van der Waals surface area contributed by atoms with E-state index in [4.69, 9.17) is 5.84 Å². The molecule has 20 heavy (non-hydrogen) atoms. The SMILES string of the molecule is NNc1c(F)cc(C(=O)NCC2CCCCC2)cc1F. The highest BCUT2D eigenvalue weighted by molar-refractivity contribution is 5.94. The van der Waals surface area contributed by atoms with Crippen LogP contribution >= 0.6 is 0 Å². The van der Waals surface area contributed by atoms with Crippen LogP contribution in [-0.2, 0) is 0 Å². The number of carbonyl (C=O) groups is 1. The van der Waals surface area contributed by atoms with Gasteiger partial charge in [-0.2, -0.15) is 0 Å². The Morgan fingerprint density at radius 3 is 2.35 bits per heavy atom. The van der Waals surface area contributed by atoms with E-state index in [-0.39, 0.29) is 5.56 Å². The molecule has 0 heterocycles. The highest BCUT2D eigenvalue weighted by Gasteiger charge is 2.17. The molecule has 0 saturated heterocycles. The third-order valence-corrected chi connectivity index (χ3v) is 3.72. The highest BCUT2D eigenvalue weighted by atomic mass is 19.1. The second kappa shape index (κ2) is 6.65. The Labute approximate surface area is 116 Å². The van der Waals surface area contributed by atoms with Gasteiger partial charge in [0.15, 0.2) is 11.6 Å². The molecule has 0 bridgehead atoms. The van der Waals surface area contributed by atoms with Crippen LogP contribution in [0.2, 0.25) is 0 Å². The van der Waals surface area contributed by atoms with Gasteiger partial charge in [0.25, 0.3) is 5.91 Å². The van der Waals surface area contributed by atoms with Gasteiger partial charge >= 0.3 is 0 Å². The van der Waals surface area contributed by atoms with Gasteiger partial charge in [0, 0.05) is 12.1 Å². The van der Waals surface area contributed by atoms with E-state index < -0.39 is 23.2 Å². The zero-order valence-electron chi connectivity index (χ0n) is 11.2. The van der Waals surface area contributed by atoms with Crippen LogP contribution in [0.1, 0.15) is 42.5 Å². The van der Waals surface area contributed by atoms with Crippen LogP contribution in [0.15, 0.2) is 12.1 Å². The normalized spacial score (nSPS) is 15.9. The molecule has 0 aliphatic heterocycles. The molecular weight excluding hydrogens is 264 g/mol. The number of hydrazine groups is 1. The molecule has 1 amide bonds. The van der Waals surface area contributed by atoms with Gasteiger partial charge in [-0.3, -0.25) is 10.6 Å². The molecule has 4 nitrogen and oxygen atoms in total. The monoisotopic (exact) mass is 283 g/mol. The average Bonchev–Trinajstić information content (AvgIpc) is 2.45. The Morgan fingerprint density at radius 1 is 1.20 bits per heavy atom. The first-order chi connectivity index (χ1) is 9.61. The van der Waals surface area contributed by atoms with Gasteiger partial charge in [-0.05, 0) is 30.9 Å². The molecule has 0 radical (unpaired) electrons. The number of anilines is 1. The van der Waals surface area contributed by atoms with E-state index in [1.165, 1.54) is 19.3 Å². The maximum Gasteiger partial charge on any atom is 0.251 e. The van der Waals surface area contributed by atoms with Crippen LogP contribution in [0.25, 0.3) is 0 Å². The third-order valence-electron chi connectivity index (χ3n) is 3.72. The van der Waals surface area contributed by atoms with Crippen molar-refractivity contribution in [2.45, 2.75) is 32.1 Å². The molecule has 0 aromatic heterocycles. The Kier molecular flexibility index (Phi) is 4.89. The number of rotatable bonds is 4. The fraction of sp³-hybridized carbons (Fsp3) is 0.500. The number of nitrogens with one attached hydrogen (secondary N) is 2. The van der Waals surface area contributed by atoms with Crippen molar-refractivity contribution in [2.75, 3.05) is 12.0 Å². The molecule has 4 N–H and O–H groups in total. The van der Waals surface area contributed by atoms with Crippen LogP contribution in [0.3, 0.4) is 0 Å². The number of carbonyl (C=O) groups excluding carboxylic acids is 1. The average molecular weight is 283 g/mol. The van der Waals surface area contributed by atoms with Gasteiger partial charge in [0.05, 0.1) is 0 Å². The highest BCUT2D eigenvalue weighted by Crippen LogP contribution is 2.23. The minimum atomic E-state index is -0.879. The summed E-state index contributed by atoms with van der Waals surface area (Å²) in [5.74, 6) is 3.25. The van der Waals surface area contributed by atoms with E-state index in [0.29, 0.717) is 12.5 Å². The van der Waals surface area contributed by atoms with E-state index in [9.17, 15) is 13.6 Å². The van der Waals surface area contributed by atoms with Crippen LogP contribution in [0.4, 0.5) is 14.5 Å². The molecule has 1 saturated carbocycles. The Bertz CT molecular complexity index is 464. The molecule has 1 aliphatic carbocycles. The predicted octanol–water partition coefficient (Wildman–Crippen LogP) is 2.56. The summed E-state index contributed by atoms with van der Waals surface area (Å²) in [5.41, 5.74) is 1.46. The number of nitrogen functional groups attached to an aromatic ring is 1. The summed E-state index contributed by atoms with van der Waals surface area (Å²) in [4.78, 5) is 11.9. The number of halogens is 2. The molecule has 1 aromatic carbocycles. The lowest BCUT2D eigenvalue weighted by Gasteiger charge is -2.21. The first kappa shape index (κ1) is 14.7. The second-order valence-electron chi connectivity index (χ2n) is 5.17. The van der Waals surface area contributed by atoms with Gasteiger partial charge in [0.2, 0.25) is 0 Å². The molecule has 1 fully saturated rings. The van der Waals surface area contributed by atoms with Crippen molar-refractivity contribution in [1.82, 2.24) is 5.32 Å². The summed E-state index contributed by atoms with van der Waals surface area (Å²) in [6.45, 7) is 0.555. The van der Waals surface area contributed by atoms with E-state index in [1.54, 1.807) is 0 Å². The number of amides is 1. The summed E-state index contributed by atoms with van der Waals surface area (Å²) in [6.07, 6.45) is 5.80. The van der Waals surface area contributed by atoms with E-state index >= 15 is 0 Å². The van der Waals surface area contributed by atoms with Gasteiger partial charge in [-0.1, -0.05) is 19.3 Å². The Balaban J connectivity index is 1.98. The summed E-state index contributed by atoms with van der Waals surface area (Å²) in [5, 5.41) is 2.74. The molecule has 2 rings (SSSR count). The smallest absolute Gasteiger partial charge is 0.251 e. The maximum atomic E-state index is 13.5. The number of hydrogen-bond acceptors (Lipinski definition) is 3. The van der Waals surface area contributed by atoms with E-state index in [2.05, 4.69) is 5.32 Å². The van der Waals surface area contributed by atoms with Crippen molar-refractivity contribution in [3.05, 3.63) is 29.3 Å². The molecule has 0 spiro atoms. The lowest BCUT2D eigenvalue weighted by Crippen LogP contribution is -2.30. The number of nitrogens with two attached hydrogens (primary N) is 1. The van der Waals surface area contributed by atoms with Crippen molar-refractivity contribution in [1.29, 1.82) is 0 Å². The van der Waals surface area contributed by atoms with Crippen LogP contribution in [0, 0.1) is 17.6 Å². The third kappa shape index (κ3) is 3.45. The lowest BCUT2D eigenvalue weighted by atomic mass is 9.89. The first-order valence-electron chi connectivity index (χ1n) is 6.85. The van der Waals surface area contributed by atoms with Crippen LogP contribution < -0.4 is 16.6 Å². The Hall–Kier alpha value is -1.69. The summed E-state index contributed by atoms with van der Waals surface area (Å²) in [7, 11) is 0. The van der Waals surface area contributed by atoms with Gasteiger partial charge in [0.1, 0.15) is 5.69 Å². The fourth-order valence-electron chi connectivity index (χ4n) is 2.57. The van der Waals surface area contributed by atoms with Crippen LogP contribution in [0.5, 0.6) is 0 Å². The van der Waals surface area contributed by atoms with Crippen molar-refractivity contribution in [2.24, 2.45) is 11.8 Å². The zero-order valence-corrected chi connectivity index (χ0v) is 11.2. The minimum absolute atomic E-state index is 0.0326. The largest absolute Gasteiger partial charge is 0.352 e. The summed E-state index contributed by atoms with van der Waals surface area (Å²) in [6, 6.07) is 1.96. The van der Waals surface area contributed by atoms with E-state index in [1.807, 2.05) is 5.43 Å². The van der Waals surface area contributed by atoms with Gasteiger partial charge in [-0.15, -0.1) is 0 Å². The quantitative estimate of drug-likeness (QED) is 0.587. The maximum absolute atomic E-state index is 13.5. The molecule has 0 unspecified atom stereocenters. The molecule has 110 valence electrons. The first-order valence-corrected chi connectivity index (χ1v) is 6.85. The van der Waals surface area contributed by atoms with Crippen molar-refractivity contribution in [3.63, 3.8) is 0 Å². The van der Waals surface area contributed by atoms with Crippen LogP contribution in [-0.4, -0.2) is 12.5 Å². The summed E-state index contributed by atoms with van der Waals surface area (Å²) >= 11 is 0. The zero-order chi connectivity index (χ0) is 14.5. The molecular formula is C14H19F2N3O. The summed E-state index contributed by atoms with van der Waals surface area (Å²) < 4.78 is 27.0. The molecule has 1 aliphatic rings. The lowest BCUT2D eigenvalue weighted by molar-refractivity contribution is 0.0942. The molecule has 6 heteroatoms. The van der Waals surface area contributed by atoms with Crippen molar-refractivity contribution in [3.8, 4) is 0 Å². The van der Waals surface area contributed by atoms with Crippen molar-refractivity contribution < 1.29 is 13.6 Å².